The van der Waals surface area contributed by atoms with Crippen molar-refractivity contribution in [1.29, 1.82) is 0 Å². The molecule has 4 heteroatoms. The van der Waals surface area contributed by atoms with Crippen molar-refractivity contribution in [2.45, 2.75) is 19.3 Å². The summed E-state index contributed by atoms with van der Waals surface area (Å²) in [5.74, 6) is 0.275. The van der Waals surface area contributed by atoms with Gasteiger partial charge in [0.2, 0.25) is 0 Å². The van der Waals surface area contributed by atoms with Gasteiger partial charge in [0.1, 0.15) is 0 Å². The fraction of sp³-hybridized carbons (Fsp3) is 0.923. The maximum absolute atomic E-state index is 11.3. The third-order valence-corrected chi connectivity index (χ3v) is 4.55. The van der Waals surface area contributed by atoms with Crippen LogP contribution in [0.15, 0.2) is 0 Å². The molecule has 2 atom stereocenters. The van der Waals surface area contributed by atoms with Gasteiger partial charge in [-0.05, 0) is 64.8 Å². The molecule has 2 rings (SSSR count). The van der Waals surface area contributed by atoms with E-state index in [1.54, 1.807) is 0 Å². The van der Waals surface area contributed by atoms with Gasteiger partial charge in [0, 0.05) is 6.54 Å². The lowest BCUT2D eigenvalue weighted by atomic mass is 9.73. The van der Waals surface area contributed by atoms with E-state index < -0.39 is 5.97 Å². The number of nitrogens with zero attached hydrogens (tertiary/aromatic N) is 2. The Morgan fingerprint density at radius 1 is 1.06 bits per heavy atom. The van der Waals surface area contributed by atoms with Gasteiger partial charge in [0.25, 0.3) is 0 Å². The zero-order valence-electron chi connectivity index (χ0n) is 10.9. The van der Waals surface area contributed by atoms with Crippen molar-refractivity contribution >= 4 is 5.97 Å². The monoisotopic (exact) mass is 240 g/mol. The molecule has 2 saturated heterocycles. The summed E-state index contributed by atoms with van der Waals surface area (Å²) in [6.07, 6.45) is 3.15. The highest BCUT2D eigenvalue weighted by molar-refractivity contribution is 5.70. The van der Waals surface area contributed by atoms with E-state index in [1.165, 1.54) is 12.8 Å². The summed E-state index contributed by atoms with van der Waals surface area (Å²) < 4.78 is 0. The topological polar surface area (TPSA) is 43.8 Å². The molecule has 0 saturated carbocycles. The van der Waals surface area contributed by atoms with Crippen molar-refractivity contribution in [2.24, 2.45) is 17.8 Å². The minimum Gasteiger partial charge on any atom is -0.481 e. The lowest BCUT2D eigenvalue weighted by Crippen LogP contribution is -2.46. The third-order valence-electron chi connectivity index (χ3n) is 4.55. The maximum atomic E-state index is 11.3. The van der Waals surface area contributed by atoms with Gasteiger partial charge in [-0.15, -0.1) is 0 Å². The zero-order valence-corrected chi connectivity index (χ0v) is 10.9. The first kappa shape index (κ1) is 12.8. The second-order valence-electron chi connectivity index (χ2n) is 5.80. The van der Waals surface area contributed by atoms with Crippen LogP contribution in [-0.4, -0.2) is 61.2 Å². The lowest BCUT2D eigenvalue weighted by Gasteiger charge is -2.42. The molecular weight excluding hydrogens is 216 g/mol. The highest BCUT2D eigenvalue weighted by Gasteiger charge is 2.38. The fourth-order valence-electron chi connectivity index (χ4n) is 3.39. The quantitative estimate of drug-likeness (QED) is 0.781. The van der Waals surface area contributed by atoms with E-state index in [0.29, 0.717) is 11.8 Å². The molecule has 0 aromatic carbocycles. The standard InChI is InChI=1S/C13H24N2O2/c1-14-6-3-10(4-7-14)12-9-15(2)8-5-11(12)13(16)17/h10-12H,3-9H2,1-2H3,(H,16,17). The molecule has 0 radical (unpaired) electrons. The molecule has 0 aromatic rings. The number of hydrogen-bond donors (Lipinski definition) is 1. The second-order valence-corrected chi connectivity index (χ2v) is 5.80. The fourth-order valence-corrected chi connectivity index (χ4v) is 3.39. The van der Waals surface area contributed by atoms with Crippen molar-refractivity contribution in [1.82, 2.24) is 9.80 Å². The number of likely N-dealkylation sites (tertiary alicyclic amines) is 2. The largest absolute Gasteiger partial charge is 0.481 e. The molecule has 0 spiro atoms. The van der Waals surface area contributed by atoms with Crippen LogP contribution < -0.4 is 0 Å². The highest BCUT2D eigenvalue weighted by Crippen LogP contribution is 2.35. The number of carboxylic acid groups (broad SMARTS) is 1. The number of piperidine rings is 2. The van der Waals surface area contributed by atoms with E-state index >= 15 is 0 Å². The number of carbonyl (C=O) groups is 1. The molecule has 1 N–H and O–H groups in total. The first-order valence-electron chi connectivity index (χ1n) is 6.68. The highest BCUT2D eigenvalue weighted by atomic mass is 16.4. The molecule has 17 heavy (non-hydrogen) atoms. The number of aliphatic carboxylic acids is 1. The first-order chi connectivity index (χ1) is 8.08. The van der Waals surface area contributed by atoms with Crippen LogP contribution in [0, 0.1) is 17.8 Å². The van der Waals surface area contributed by atoms with E-state index in [1.807, 2.05) is 0 Å². The number of hydrogen-bond acceptors (Lipinski definition) is 3. The van der Waals surface area contributed by atoms with E-state index in [4.69, 9.17) is 0 Å². The molecule has 2 unspecified atom stereocenters. The molecule has 2 heterocycles. The Morgan fingerprint density at radius 3 is 2.24 bits per heavy atom. The van der Waals surface area contributed by atoms with Gasteiger partial charge >= 0.3 is 5.97 Å². The Morgan fingerprint density at radius 2 is 1.65 bits per heavy atom. The van der Waals surface area contributed by atoms with Crippen molar-refractivity contribution in [3.63, 3.8) is 0 Å². The van der Waals surface area contributed by atoms with Crippen LogP contribution in [0.3, 0.4) is 0 Å². The summed E-state index contributed by atoms with van der Waals surface area (Å²) in [5, 5.41) is 9.35. The Bertz CT molecular complexity index is 275. The minimum atomic E-state index is -0.581. The second kappa shape index (κ2) is 5.36. The molecular formula is C13H24N2O2. The average Bonchev–Trinajstić information content (AvgIpc) is 2.29. The summed E-state index contributed by atoms with van der Waals surface area (Å²) in [5.41, 5.74) is 0. The Hall–Kier alpha value is -0.610. The van der Waals surface area contributed by atoms with Gasteiger partial charge in [0.05, 0.1) is 5.92 Å². The van der Waals surface area contributed by atoms with Gasteiger partial charge in [0.15, 0.2) is 0 Å². The van der Waals surface area contributed by atoms with Crippen LogP contribution in [0.25, 0.3) is 0 Å². The van der Waals surface area contributed by atoms with E-state index in [9.17, 15) is 9.90 Å². The number of carboxylic acids is 1. The van der Waals surface area contributed by atoms with Crippen LogP contribution >= 0.6 is 0 Å². The summed E-state index contributed by atoms with van der Waals surface area (Å²) in [6.45, 7) is 4.14. The van der Waals surface area contributed by atoms with Crippen LogP contribution in [0.1, 0.15) is 19.3 Å². The van der Waals surface area contributed by atoms with Crippen LogP contribution in [0.5, 0.6) is 0 Å². The van der Waals surface area contributed by atoms with Crippen LogP contribution in [0.2, 0.25) is 0 Å². The number of rotatable bonds is 2. The predicted molar refractivity (Wildman–Crippen MR) is 67.0 cm³/mol. The molecule has 0 aromatic heterocycles. The average molecular weight is 240 g/mol. The van der Waals surface area contributed by atoms with Crippen molar-refractivity contribution < 1.29 is 9.90 Å². The summed E-state index contributed by atoms with van der Waals surface area (Å²) in [6, 6.07) is 0. The van der Waals surface area contributed by atoms with Gasteiger partial charge < -0.3 is 14.9 Å². The van der Waals surface area contributed by atoms with E-state index in [-0.39, 0.29) is 5.92 Å². The van der Waals surface area contributed by atoms with Gasteiger partial charge in [-0.2, -0.15) is 0 Å². The maximum Gasteiger partial charge on any atom is 0.306 e. The summed E-state index contributed by atoms with van der Waals surface area (Å²) in [7, 11) is 4.26. The predicted octanol–water partition coefficient (Wildman–Crippen LogP) is 0.981. The lowest BCUT2D eigenvalue weighted by molar-refractivity contribution is -0.147. The third kappa shape index (κ3) is 2.99. The molecule has 0 bridgehead atoms. The molecule has 0 amide bonds. The van der Waals surface area contributed by atoms with Crippen molar-refractivity contribution in [3.05, 3.63) is 0 Å². The first-order valence-corrected chi connectivity index (χ1v) is 6.68. The van der Waals surface area contributed by atoms with E-state index in [0.717, 1.165) is 32.6 Å². The Labute approximate surface area is 104 Å². The van der Waals surface area contributed by atoms with E-state index in [2.05, 4.69) is 23.9 Å². The van der Waals surface area contributed by atoms with Crippen molar-refractivity contribution in [2.75, 3.05) is 40.3 Å². The van der Waals surface area contributed by atoms with Gasteiger partial charge in [-0.1, -0.05) is 0 Å². The summed E-state index contributed by atoms with van der Waals surface area (Å²) >= 11 is 0. The Kier molecular flexibility index (Phi) is 4.05. The smallest absolute Gasteiger partial charge is 0.306 e. The van der Waals surface area contributed by atoms with Crippen LogP contribution in [0.4, 0.5) is 0 Å². The molecule has 98 valence electrons. The normalized spacial score (nSPS) is 33.8. The molecule has 4 nitrogen and oxygen atoms in total. The van der Waals surface area contributed by atoms with Crippen molar-refractivity contribution in [3.8, 4) is 0 Å². The van der Waals surface area contributed by atoms with Gasteiger partial charge in [-0.25, -0.2) is 0 Å². The molecule has 2 aliphatic heterocycles. The molecule has 2 aliphatic rings. The molecule has 2 fully saturated rings. The zero-order chi connectivity index (χ0) is 12.4. The Balaban J connectivity index is 2.01. The SMILES string of the molecule is CN1CCC(C2CN(C)CCC2C(=O)O)CC1. The molecule has 0 aliphatic carbocycles. The summed E-state index contributed by atoms with van der Waals surface area (Å²) in [4.78, 5) is 16.0. The minimum absolute atomic E-state index is 0.111. The van der Waals surface area contributed by atoms with Gasteiger partial charge in [-0.3, -0.25) is 4.79 Å². The van der Waals surface area contributed by atoms with Crippen LogP contribution in [-0.2, 0) is 4.79 Å².